The molecule has 1 aromatic rings. The quantitative estimate of drug-likeness (QED) is 0.792. The Morgan fingerprint density at radius 3 is 2.95 bits per heavy atom. The van der Waals surface area contributed by atoms with E-state index in [1.54, 1.807) is 0 Å². The van der Waals surface area contributed by atoms with E-state index in [1.807, 2.05) is 0 Å². The zero-order valence-electron chi connectivity index (χ0n) is 10.7. The molecule has 0 saturated carbocycles. The van der Waals surface area contributed by atoms with Gasteiger partial charge in [0.25, 0.3) is 0 Å². The van der Waals surface area contributed by atoms with E-state index in [0.29, 0.717) is 5.56 Å². The second-order valence-electron chi connectivity index (χ2n) is 4.58. The molecular weight excluding hydrogens is 306 g/mol. The van der Waals surface area contributed by atoms with Crippen molar-refractivity contribution >= 4 is 29.9 Å². The third kappa shape index (κ3) is 4.31. The van der Waals surface area contributed by atoms with Gasteiger partial charge in [-0.15, -0.1) is 12.4 Å². The second-order valence-corrected chi connectivity index (χ2v) is 4.99. The number of benzene rings is 1. The lowest BCUT2D eigenvalue weighted by atomic mass is 10.1. The number of hydrogen-bond acceptors (Lipinski definition) is 3. The number of aliphatic hydroxyl groups is 1. The Kier molecular flexibility index (Phi) is 6.68. The van der Waals surface area contributed by atoms with E-state index in [-0.39, 0.29) is 35.9 Å². The van der Waals surface area contributed by atoms with E-state index < -0.39 is 11.9 Å². The minimum atomic E-state index is -0.947. The third-order valence-electron chi connectivity index (χ3n) is 3.17. The smallest absolute Gasteiger partial charge is 0.237 e. The largest absolute Gasteiger partial charge is 0.387 e. The predicted molar refractivity (Wildman–Crippen MR) is 77.7 cm³/mol. The summed E-state index contributed by atoms with van der Waals surface area (Å²) in [6.45, 7) is 0.890. The van der Waals surface area contributed by atoms with Gasteiger partial charge in [0.1, 0.15) is 5.82 Å². The number of amides is 1. The van der Waals surface area contributed by atoms with Gasteiger partial charge in [0.15, 0.2) is 0 Å². The number of rotatable bonds is 4. The van der Waals surface area contributed by atoms with Crippen LogP contribution in [0.2, 0.25) is 5.02 Å². The molecule has 0 spiro atoms. The first-order valence-electron chi connectivity index (χ1n) is 6.22. The van der Waals surface area contributed by atoms with Gasteiger partial charge in [-0.25, -0.2) is 4.39 Å². The van der Waals surface area contributed by atoms with Crippen molar-refractivity contribution in [1.82, 2.24) is 10.6 Å². The summed E-state index contributed by atoms with van der Waals surface area (Å²) in [6.07, 6.45) is 0.831. The SMILES string of the molecule is Cl.O=C(NCC(O)c1ccc(Cl)c(F)c1)C1CCCN1. The molecular formula is C13H17Cl2FN2O2. The van der Waals surface area contributed by atoms with Gasteiger partial charge < -0.3 is 15.7 Å². The van der Waals surface area contributed by atoms with E-state index in [2.05, 4.69) is 10.6 Å². The van der Waals surface area contributed by atoms with E-state index in [0.717, 1.165) is 19.4 Å². The molecule has 1 aliphatic rings. The zero-order valence-corrected chi connectivity index (χ0v) is 12.3. The topological polar surface area (TPSA) is 61.4 Å². The van der Waals surface area contributed by atoms with Crippen molar-refractivity contribution in [2.45, 2.75) is 25.0 Å². The molecule has 7 heteroatoms. The minimum absolute atomic E-state index is 0. The van der Waals surface area contributed by atoms with Gasteiger partial charge in [-0.3, -0.25) is 4.79 Å². The molecule has 0 radical (unpaired) electrons. The highest BCUT2D eigenvalue weighted by Crippen LogP contribution is 2.20. The van der Waals surface area contributed by atoms with Crippen molar-refractivity contribution in [2.24, 2.45) is 0 Å². The normalized spacial score (nSPS) is 19.2. The molecule has 0 bridgehead atoms. The first-order valence-corrected chi connectivity index (χ1v) is 6.60. The summed E-state index contributed by atoms with van der Waals surface area (Å²) < 4.78 is 13.2. The van der Waals surface area contributed by atoms with E-state index in [4.69, 9.17) is 11.6 Å². The van der Waals surface area contributed by atoms with Crippen molar-refractivity contribution < 1.29 is 14.3 Å². The van der Waals surface area contributed by atoms with Crippen molar-refractivity contribution in [3.63, 3.8) is 0 Å². The van der Waals surface area contributed by atoms with E-state index >= 15 is 0 Å². The van der Waals surface area contributed by atoms with Crippen LogP contribution in [0, 0.1) is 5.82 Å². The minimum Gasteiger partial charge on any atom is -0.387 e. The molecule has 2 rings (SSSR count). The van der Waals surface area contributed by atoms with Crippen molar-refractivity contribution in [3.8, 4) is 0 Å². The maximum Gasteiger partial charge on any atom is 0.237 e. The van der Waals surface area contributed by atoms with Gasteiger partial charge in [-0.2, -0.15) is 0 Å². The molecule has 20 heavy (non-hydrogen) atoms. The van der Waals surface area contributed by atoms with Crippen LogP contribution in [-0.4, -0.2) is 30.1 Å². The maximum atomic E-state index is 13.2. The highest BCUT2D eigenvalue weighted by Gasteiger charge is 2.22. The molecule has 2 unspecified atom stereocenters. The summed E-state index contributed by atoms with van der Waals surface area (Å²) in [6, 6.07) is 3.91. The summed E-state index contributed by atoms with van der Waals surface area (Å²) >= 11 is 5.56. The van der Waals surface area contributed by atoms with Crippen LogP contribution in [0.5, 0.6) is 0 Å². The summed E-state index contributed by atoms with van der Waals surface area (Å²) in [5.74, 6) is -0.715. The molecule has 3 N–H and O–H groups in total. The van der Waals surface area contributed by atoms with Crippen LogP contribution < -0.4 is 10.6 Å². The lowest BCUT2D eigenvalue weighted by Crippen LogP contribution is -2.41. The fourth-order valence-corrected chi connectivity index (χ4v) is 2.18. The Bertz CT molecular complexity index is 468. The standard InChI is InChI=1S/C13H16ClFN2O2.ClH/c14-9-4-3-8(6-10(9)15)12(18)7-17-13(19)11-2-1-5-16-11;/h3-4,6,11-12,16,18H,1-2,5,7H2,(H,17,19);1H. The van der Waals surface area contributed by atoms with Gasteiger partial charge in [-0.1, -0.05) is 17.7 Å². The molecule has 4 nitrogen and oxygen atoms in total. The lowest BCUT2D eigenvalue weighted by molar-refractivity contribution is -0.123. The van der Waals surface area contributed by atoms with Crippen LogP contribution in [0.25, 0.3) is 0 Å². The molecule has 112 valence electrons. The van der Waals surface area contributed by atoms with Crippen molar-refractivity contribution in [1.29, 1.82) is 0 Å². The van der Waals surface area contributed by atoms with Crippen LogP contribution in [-0.2, 0) is 4.79 Å². The average molecular weight is 323 g/mol. The molecule has 0 aliphatic carbocycles. The monoisotopic (exact) mass is 322 g/mol. The Morgan fingerprint density at radius 2 is 2.35 bits per heavy atom. The highest BCUT2D eigenvalue weighted by atomic mass is 35.5. The number of carbonyl (C=O) groups excluding carboxylic acids is 1. The van der Waals surface area contributed by atoms with Gasteiger partial charge in [-0.05, 0) is 37.1 Å². The van der Waals surface area contributed by atoms with Crippen LogP contribution in [0.4, 0.5) is 4.39 Å². The Morgan fingerprint density at radius 1 is 1.60 bits per heavy atom. The molecule has 1 aliphatic heterocycles. The number of aliphatic hydroxyl groups excluding tert-OH is 1. The molecule has 1 saturated heterocycles. The lowest BCUT2D eigenvalue weighted by Gasteiger charge is -2.15. The number of hydrogen-bond donors (Lipinski definition) is 3. The van der Waals surface area contributed by atoms with Gasteiger partial charge >= 0.3 is 0 Å². The van der Waals surface area contributed by atoms with Crippen LogP contribution >= 0.6 is 24.0 Å². The summed E-state index contributed by atoms with van der Waals surface area (Å²) in [5, 5.41) is 15.6. The fourth-order valence-electron chi connectivity index (χ4n) is 2.07. The number of halogens is 3. The molecule has 0 aromatic heterocycles. The van der Waals surface area contributed by atoms with E-state index in [9.17, 15) is 14.3 Å². The number of carbonyl (C=O) groups is 1. The fraction of sp³-hybridized carbons (Fsp3) is 0.462. The third-order valence-corrected chi connectivity index (χ3v) is 3.48. The highest BCUT2D eigenvalue weighted by molar-refractivity contribution is 6.30. The summed E-state index contributed by atoms with van der Waals surface area (Å²) in [5.41, 5.74) is 0.390. The average Bonchev–Trinajstić information content (AvgIpc) is 2.92. The molecule has 1 heterocycles. The Labute approximate surface area is 128 Å². The molecule has 1 aromatic carbocycles. The zero-order chi connectivity index (χ0) is 13.8. The van der Waals surface area contributed by atoms with Crippen molar-refractivity contribution in [2.75, 3.05) is 13.1 Å². The first kappa shape index (κ1) is 17.2. The summed E-state index contributed by atoms with van der Waals surface area (Å²) in [4.78, 5) is 11.7. The van der Waals surface area contributed by atoms with Gasteiger partial charge in [0, 0.05) is 6.54 Å². The van der Waals surface area contributed by atoms with Crippen LogP contribution in [0.3, 0.4) is 0 Å². The molecule has 1 fully saturated rings. The molecule has 1 amide bonds. The van der Waals surface area contributed by atoms with Crippen molar-refractivity contribution in [3.05, 3.63) is 34.6 Å². The molecule has 2 atom stereocenters. The predicted octanol–water partition coefficient (Wildman–Crippen LogP) is 1.80. The van der Waals surface area contributed by atoms with Gasteiger partial charge in [0.2, 0.25) is 5.91 Å². The maximum absolute atomic E-state index is 13.2. The summed E-state index contributed by atoms with van der Waals surface area (Å²) in [7, 11) is 0. The Hall–Kier alpha value is -0.880. The second kappa shape index (κ2) is 7.78. The van der Waals surface area contributed by atoms with E-state index in [1.165, 1.54) is 18.2 Å². The van der Waals surface area contributed by atoms with Crippen LogP contribution in [0.15, 0.2) is 18.2 Å². The van der Waals surface area contributed by atoms with Crippen LogP contribution in [0.1, 0.15) is 24.5 Å². The Balaban J connectivity index is 0.00000200. The number of nitrogens with one attached hydrogen (secondary N) is 2. The van der Waals surface area contributed by atoms with Gasteiger partial charge in [0.05, 0.1) is 17.2 Å². The first-order chi connectivity index (χ1) is 9.08.